The number of likely N-dealkylation sites (N-methyl/N-ethyl adjacent to an activating group) is 1. The molecule has 0 aromatic heterocycles. The van der Waals surface area contributed by atoms with E-state index in [-0.39, 0.29) is 13.2 Å². The van der Waals surface area contributed by atoms with Crippen molar-refractivity contribution < 1.29 is 38.4 Å². The summed E-state index contributed by atoms with van der Waals surface area (Å²) in [6.45, 7) is 1.94. The summed E-state index contributed by atoms with van der Waals surface area (Å²) in [5.41, 5.74) is 0.911. The van der Waals surface area contributed by atoms with Gasteiger partial charge in [-0.15, -0.1) is 4.59 Å². The Morgan fingerprint density at radius 3 is 2.11 bits per heavy atom. The number of amides is 5. The van der Waals surface area contributed by atoms with Crippen molar-refractivity contribution in [2.75, 3.05) is 13.6 Å². The van der Waals surface area contributed by atoms with Crippen molar-refractivity contribution >= 4 is 36.1 Å². The van der Waals surface area contributed by atoms with Gasteiger partial charge in [0.25, 0.3) is 0 Å². The van der Waals surface area contributed by atoms with Crippen LogP contribution in [0.4, 0.5) is 9.59 Å². The molecule has 0 saturated carbocycles. The molecule has 13 nitrogen and oxygen atoms in total. The van der Waals surface area contributed by atoms with Crippen LogP contribution in [0.25, 0.3) is 0 Å². The number of hydrogen-bond acceptors (Lipinski definition) is 8. The van der Waals surface area contributed by atoms with Gasteiger partial charge in [0.2, 0.25) is 0 Å². The first-order valence-corrected chi connectivity index (χ1v) is 14.0. The zero-order valence-corrected chi connectivity index (χ0v) is 25.1. The molecule has 4 rings (SSSR count). The van der Waals surface area contributed by atoms with Crippen molar-refractivity contribution in [2.24, 2.45) is 10.9 Å². The quantitative estimate of drug-likeness (QED) is 0.0971. The number of carbonyl (C=O) groups is 5. The standard InChI is InChI=1S/C32H34N6O7/c1-22(39)38(3,20-27(28(40)41)35-30(43)45-21-25-12-8-5-9-13-25)37-29(42)32(2,26-16-14-23(15-17-26)18-34-33)36(31(37)44)19-24-10-6-4-7-11-24/h4-18,27H,19-21,33H2,1-3H3,(H-,35,40,41,43)/p+1/t27-,32+,38-/m0/s1. The lowest BCUT2D eigenvalue weighted by molar-refractivity contribution is -0.925. The van der Waals surface area contributed by atoms with Crippen LogP contribution in [-0.2, 0) is 37.8 Å². The minimum atomic E-state index is -1.70. The molecule has 234 valence electrons. The number of quaternary nitrogens is 1. The number of carboxylic acid groups (broad SMARTS) is 1. The maximum absolute atomic E-state index is 14.4. The van der Waals surface area contributed by atoms with Gasteiger partial charge in [-0.2, -0.15) is 5.10 Å². The number of imide groups is 1. The summed E-state index contributed by atoms with van der Waals surface area (Å²) in [5, 5.41) is 16.5. The number of urea groups is 1. The van der Waals surface area contributed by atoms with E-state index in [1.807, 2.05) is 6.07 Å². The van der Waals surface area contributed by atoms with E-state index in [9.17, 15) is 29.1 Å². The first kappa shape index (κ1) is 32.4. The monoisotopic (exact) mass is 615 g/mol. The molecule has 1 fully saturated rings. The summed E-state index contributed by atoms with van der Waals surface area (Å²) in [5.74, 6) is 2.32. The molecular formula is C32H35N6O7+. The highest BCUT2D eigenvalue weighted by Crippen LogP contribution is 2.41. The number of rotatable bonds is 11. The molecule has 3 aromatic rings. The SMILES string of the molecule is CC(=O)[N@+](C)(C[C@H](NC(=O)OCc1ccccc1)C(=O)O)N1C(=O)N(Cc2ccccc2)[C@](C)(c2ccc(C=NN)cc2)C1=O. The summed E-state index contributed by atoms with van der Waals surface area (Å²) < 4.78 is 4.11. The van der Waals surface area contributed by atoms with Crippen LogP contribution in [0.1, 0.15) is 36.1 Å². The van der Waals surface area contributed by atoms with Crippen molar-refractivity contribution in [3.63, 3.8) is 0 Å². The molecule has 0 unspecified atom stereocenters. The highest BCUT2D eigenvalue weighted by atomic mass is 16.5. The van der Waals surface area contributed by atoms with Crippen LogP contribution in [0.2, 0.25) is 0 Å². The molecule has 1 saturated heterocycles. The van der Waals surface area contributed by atoms with E-state index in [2.05, 4.69) is 10.4 Å². The van der Waals surface area contributed by atoms with E-state index < -0.39 is 52.6 Å². The fourth-order valence-corrected chi connectivity index (χ4v) is 5.15. The van der Waals surface area contributed by atoms with E-state index in [0.717, 1.165) is 17.5 Å². The van der Waals surface area contributed by atoms with E-state index in [4.69, 9.17) is 10.6 Å². The molecule has 1 aliphatic rings. The fourth-order valence-electron chi connectivity index (χ4n) is 5.15. The Kier molecular flexibility index (Phi) is 9.63. The van der Waals surface area contributed by atoms with Crippen molar-refractivity contribution in [1.82, 2.24) is 15.2 Å². The number of aliphatic carboxylic acids is 1. The molecule has 4 N–H and O–H groups in total. The second-order valence-corrected chi connectivity index (χ2v) is 10.9. The molecule has 1 aliphatic heterocycles. The summed E-state index contributed by atoms with van der Waals surface area (Å²) >= 11 is 0. The van der Waals surface area contributed by atoms with Gasteiger partial charge in [-0.05, 0) is 29.2 Å². The normalized spacial score (nSPS) is 18.5. The van der Waals surface area contributed by atoms with Gasteiger partial charge in [0.1, 0.15) is 13.2 Å². The summed E-state index contributed by atoms with van der Waals surface area (Å²) in [6.07, 6.45) is 0.382. The number of nitrogens with zero attached hydrogens (tertiary/aromatic N) is 4. The van der Waals surface area contributed by atoms with Gasteiger partial charge in [0.15, 0.2) is 11.6 Å². The van der Waals surface area contributed by atoms with Crippen LogP contribution in [0.3, 0.4) is 0 Å². The van der Waals surface area contributed by atoms with Gasteiger partial charge in [0, 0.05) is 6.54 Å². The van der Waals surface area contributed by atoms with Crippen LogP contribution in [0.5, 0.6) is 0 Å². The Labute approximate surface area is 260 Å². The lowest BCUT2D eigenvalue weighted by atomic mass is 9.89. The first-order valence-electron chi connectivity index (χ1n) is 14.0. The smallest absolute Gasteiger partial charge is 0.408 e. The van der Waals surface area contributed by atoms with Gasteiger partial charge in [0.05, 0.1) is 20.2 Å². The lowest BCUT2D eigenvalue weighted by Crippen LogP contribution is -2.67. The number of ether oxygens (including phenoxy) is 1. The predicted molar refractivity (Wildman–Crippen MR) is 163 cm³/mol. The summed E-state index contributed by atoms with van der Waals surface area (Å²) in [4.78, 5) is 68.2. The van der Waals surface area contributed by atoms with Gasteiger partial charge < -0.3 is 21.0 Å². The van der Waals surface area contributed by atoms with Gasteiger partial charge in [-0.25, -0.2) is 19.2 Å². The molecule has 3 aromatic carbocycles. The maximum atomic E-state index is 14.4. The second kappa shape index (κ2) is 13.4. The van der Waals surface area contributed by atoms with Crippen molar-refractivity contribution in [3.05, 3.63) is 107 Å². The van der Waals surface area contributed by atoms with Crippen LogP contribution in [0, 0.1) is 0 Å². The molecule has 0 radical (unpaired) electrons. The number of carboxylic acids is 1. The highest BCUT2D eigenvalue weighted by molar-refractivity contribution is 6.06. The van der Waals surface area contributed by atoms with Crippen LogP contribution < -0.4 is 11.2 Å². The van der Waals surface area contributed by atoms with E-state index in [1.165, 1.54) is 18.2 Å². The van der Waals surface area contributed by atoms with E-state index in [1.54, 1.807) is 85.8 Å². The van der Waals surface area contributed by atoms with Crippen LogP contribution in [0.15, 0.2) is 90.0 Å². The first-order chi connectivity index (χ1) is 21.4. The fraction of sp³-hybridized carbons (Fsp3) is 0.250. The minimum absolute atomic E-state index is 0.00868. The van der Waals surface area contributed by atoms with E-state index >= 15 is 0 Å². The summed E-state index contributed by atoms with van der Waals surface area (Å²) in [6, 6.07) is 21.9. The van der Waals surface area contributed by atoms with Gasteiger partial charge in [-0.3, -0.25) is 9.69 Å². The molecule has 5 amide bonds. The molecule has 1 heterocycles. The Hall–Kier alpha value is -5.56. The molecule has 13 heteroatoms. The summed E-state index contributed by atoms with van der Waals surface area (Å²) in [7, 11) is 1.26. The topological polar surface area (TPSA) is 172 Å². The molecule has 45 heavy (non-hydrogen) atoms. The number of alkyl carbamates (subject to hydrolysis) is 1. The predicted octanol–water partition coefficient (Wildman–Crippen LogP) is 2.95. The van der Waals surface area contributed by atoms with Crippen molar-refractivity contribution in [2.45, 2.75) is 38.6 Å². The number of hydrogen-bond donors (Lipinski definition) is 3. The third-order valence-corrected chi connectivity index (χ3v) is 7.90. The zero-order valence-electron chi connectivity index (χ0n) is 25.1. The third-order valence-electron chi connectivity index (χ3n) is 7.90. The third kappa shape index (κ3) is 6.68. The lowest BCUT2D eigenvalue weighted by Gasteiger charge is -2.36. The molecule has 0 aliphatic carbocycles. The second-order valence-electron chi connectivity index (χ2n) is 10.9. The maximum Gasteiger partial charge on any atom is 0.408 e. The number of benzene rings is 3. The Bertz CT molecular complexity index is 1600. The van der Waals surface area contributed by atoms with Crippen LogP contribution >= 0.6 is 0 Å². The Morgan fingerprint density at radius 2 is 1.58 bits per heavy atom. The minimum Gasteiger partial charge on any atom is -0.480 e. The number of nitrogens with one attached hydrogen (secondary N) is 1. The average molecular weight is 616 g/mol. The van der Waals surface area contributed by atoms with E-state index in [0.29, 0.717) is 16.7 Å². The largest absolute Gasteiger partial charge is 0.480 e. The molecule has 0 bridgehead atoms. The Morgan fingerprint density at radius 1 is 1.00 bits per heavy atom. The molecule has 3 atom stereocenters. The number of nitrogens with two attached hydrogens (primary N) is 1. The zero-order chi connectivity index (χ0) is 32.8. The van der Waals surface area contributed by atoms with Crippen molar-refractivity contribution in [3.8, 4) is 0 Å². The Balaban J connectivity index is 1.69. The highest BCUT2D eigenvalue weighted by Gasteiger charge is 2.63. The van der Waals surface area contributed by atoms with Gasteiger partial charge in [-0.1, -0.05) is 89.9 Å². The average Bonchev–Trinajstić information content (AvgIpc) is 3.22. The van der Waals surface area contributed by atoms with Crippen LogP contribution in [-0.4, -0.2) is 75.4 Å². The molecular weight excluding hydrogens is 580 g/mol. The molecule has 0 spiro atoms. The van der Waals surface area contributed by atoms with Crippen molar-refractivity contribution in [1.29, 1.82) is 0 Å². The number of hydrazone groups is 1. The number of carbonyl (C=O) groups excluding carboxylic acids is 4. The van der Waals surface area contributed by atoms with Gasteiger partial charge >= 0.3 is 29.9 Å².